The average Bonchev–Trinajstić information content (AvgIpc) is 3.45. The Bertz CT molecular complexity index is 1470. The topological polar surface area (TPSA) is 216 Å². The van der Waals surface area contributed by atoms with Crippen LogP contribution in [0.15, 0.2) is 48.5 Å². The zero-order valence-electron chi connectivity index (χ0n) is 25.9. The maximum Gasteiger partial charge on any atom is 0.270 e. The van der Waals surface area contributed by atoms with E-state index in [1.807, 2.05) is 6.07 Å². The van der Waals surface area contributed by atoms with Gasteiger partial charge in [0.25, 0.3) is 5.91 Å². The van der Waals surface area contributed by atoms with Crippen LogP contribution in [-0.2, 0) is 30.4 Å². The number of nitrogens with one attached hydrogen (secondary N) is 4. The Kier molecular flexibility index (Phi) is 10.9. The van der Waals surface area contributed by atoms with Gasteiger partial charge in [-0.3, -0.25) is 28.8 Å². The van der Waals surface area contributed by atoms with E-state index >= 15 is 0 Å². The first-order valence-electron chi connectivity index (χ1n) is 15.0. The molecule has 1 aromatic heterocycles. The fourth-order valence-electron chi connectivity index (χ4n) is 5.55. The number of hydrogen-bond acceptors (Lipinski definition) is 9. The monoisotopic (exact) mass is 636 g/mol. The van der Waals surface area contributed by atoms with E-state index in [0.717, 1.165) is 10.5 Å². The molecule has 46 heavy (non-hydrogen) atoms. The van der Waals surface area contributed by atoms with Crippen molar-refractivity contribution in [1.29, 1.82) is 0 Å². The van der Waals surface area contributed by atoms with Gasteiger partial charge in [0, 0.05) is 26.1 Å². The van der Waals surface area contributed by atoms with Crippen LogP contribution >= 0.6 is 0 Å². The molecular weight excluding hydrogens is 596 g/mol. The van der Waals surface area contributed by atoms with Crippen LogP contribution in [0.25, 0.3) is 0 Å². The Labute approximate surface area is 266 Å². The van der Waals surface area contributed by atoms with Crippen molar-refractivity contribution in [2.24, 2.45) is 5.92 Å². The summed E-state index contributed by atoms with van der Waals surface area (Å²) < 4.78 is 0. The molecule has 6 amide bonds. The maximum absolute atomic E-state index is 14.3. The highest BCUT2D eigenvalue weighted by molar-refractivity contribution is 5.98. The Morgan fingerprint density at radius 1 is 0.978 bits per heavy atom. The highest BCUT2D eigenvalue weighted by Crippen LogP contribution is 2.22. The van der Waals surface area contributed by atoms with Crippen LogP contribution in [0, 0.1) is 5.92 Å². The van der Waals surface area contributed by atoms with Crippen molar-refractivity contribution in [1.82, 2.24) is 36.1 Å². The van der Waals surface area contributed by atoms with Gasteiger partial charge in [-0.2, -0.15) is 0 Å². The molecule has 246 valence electrons. The molecule has 2 fully saturated rings. The second-order valence-electron chi connectivity index (χ2n) is 11.8. The SMILES string of the molecule is CC(C)[C@H]1NC(=O)CN(C)C(=O)[C@H](CO)NC(=O)[C@@H]2C[C@H](NC(=O)c3cccc(N)n3)CN2C(=O)[C@H](Cc2ccccc2)NC1=O. The summed E-state index contributed by atoms with van der Waals surface area (Å²) in [5.41, 5.74) is 6.50. The van der Waals surface area contributed by atoms with Crippen molar-refractivity contribution >= 4 is 41.3 Å². The van der Waals surface area contributed by atoms with E-state index in [2.05, 4.69) is 26.3 Å². The molecule has 0 unspecified atom stereocenters. The number of nitrogens with two attached hydrogens (primary N) is 1. The molecule has 3 heterocycles. The number of pyridine rings is 1. The Morgan fingerprint density at radius 2 is 1.67 bits per heavy atom. The molecule has 0 bridgehead atoms. The van der Waals surface area contributed by atoms with Gasteiger partial charge in [0.1, 0.15) is 35.7 Å². The van der Waals surface area contributed by atoms with Crippen LogP contribution in [0.4, 0.5) is 5.82 Å². The minimum Gasteiger partial charge on any atom is -0.394 e. The number of amides is 6. The van der Waals surface area contributed by atoms with Crippen molar-refractivity contribution in [3.05, 3.63) is 59.8 Å². The zero-order chi connectivity index (χ0) is 33.5. The third kappa shape index (κ3) is 8.15. The molecule has 4 rings (SSSR count). The number of carbonyl (C=O) groups is 6. The fraction of sp³-hybridized carbons (Fsp3) is 0.452. The summed E-state index contributed by atoms with van der Waals surface area (Å²) in [6.45, 7) is 2.13. The average molecular weight is 637 g/mol. The molecule has 7 N–H and O–H groups in total. The third-order valence-electron chi connectivity index (χ3n) is 7.94. The molecular formula is C31H40N8O7. The van der Waals surface area contributed by atoms with E-state index < -0.39 is 78.8 Å². The van der Waals surface area contributed by atoms with Gasteiger partial charge in [-0.05, 0) is 30.0 Å². The molecule has 15 nitrogen and oxygen atoms in total. The maximum atomic E-state index is 14.3. The number of nitrogen functional groups attached to an aromatic ring is 1. The summed E-state index contributed by atoms with van der Waals surface area (Å²) in [7, 11) is 1.33. The van der Waals surface area contributed by atoms with Crippen LogP contribution in [-0.4, -0.2) is 112 Å². The summed E-state index contributed by atoms with van der Waals surface area (Å²) in [6, 6.07) is 8.02. The number of aromatic nitrogens is 1. The standard InChI is InChI=1S/C31H40N8O7/c1-17(2)26-29(44)35-21(12-18-8-5-4-6-9-18)31(46)39-14-19(33-27(42)20-10-7-11-24(32)34-20)13-23(39)28(43)36-22(16-40)30(45)38(3)15-25(41)37-26/h4-11,17,19,21-23,26,40H,12-16H2,1-3H3,(H2,32,34)(H,33,42)(H,35,44)(H,36,43)(H,37,41)/t19-,21-,22-,23-,26+/m0/s1. The number of likely N-dealkylation sites (N-methyl/N-ethyl adjacent to an activating group) is 1. The lowest BCUT2D eigenvalue weighted by molar-refractivity contribution is -0.143. The highest BCUT2D eigenvalue weighted by Gasteiger charge is 2.44. The number of fused-ring (bicyclic) bond motifs is 1. The largest absolute Gasteiger partial charge is 0.394 e. The number of rotatable bonds is 6. The van der Waals surface area contributed by atoms with Crippen LogP contribution in [0.1, 0.15) is 36.3 Å². The van der Waals surface area contributed by atoms with Gasteiger partial charge in [0.05, 0.1) is 13.2 Å². The van der Waals surface area contributed by atoms with Gasteiger partial charge in [-0.25, -0.2) is 4.98 Å². The highest BCUT2D eigenvalue weighted by atomic mass is 16.3. The third-order valence-corrected chi connectivity index (χ3v) is 7.94. The normalized spacial score (nSPS) is 24.8. The van der Waals surface area contributed by atoms with Crippen molar-refractivity contribution in [3.63, 3.8) is 0 Å². The second-order valence-corrected chi connectivity index (χ2v) is 11.8. The number of carbonyl (C=O) groups excluding carboxylic acids is 6. The van der Waals surface area contributed by atoms with Crippen molar-refractivity contribution in [2.75, 3.05) is 32.5 Å². The molecule has 1 aromatic carbocycles. The zero-order valence-corrected chi connectivity index (χ0v) is 25.9. The summed E-state index contributed by atoms with van der Waals surface area (Å²) in [4.78, 5) is 86.9. The van der Waals surface area contributed by atoms with E-state index in [9.17, 15) is 33.9 Å². The number of aliphatic hydroxyl groups excluding tert-OH is 1. The summed E-state index contributed by atoms with van der Waals surface area (Å²) in [5, 5.41) is 20.7. The molecule has 2 aliphatic heterocycles. The minimum atomic E-state index is -1.42. The van der Waals surface area contributed by atoms with Crippen molar-refractivity contribution < 1.29 is 33.9 Å². The lowest BCUT2D eigenvalue weighted by Crippen LogP contribution is -2.58. The molecule has 0 aliphatic carbocycles. The fourth-order valence-corrected chi connectivity index (χ4v) is 5.55. The number of anilines is 1. The van der Waals surface area contributed by atoms with Gasteiger partial charge >= 0.3 is 0 Å². The van der Waals surface area contributed by atoms with Gasteiger partial charge in [0.2, 0.25) is 29.5 Å². The molecule has 15 heteroatoms. The van der Waals surface area contributed by atoms with E-state index in [-0.39, 0.29) is 36.8 Å². The van der Waals surface area contributed by atoms with E-state index in [1.165, 1.54) is 24.1 Å². The number of nitrogens with zero attached hydrogens (tertiary/aromatic N) is 3. The lowest BCUT2D eigenvalue weighted by Gasteiger charge is -2.30. The molecule has 0 saturated carbocycles. The van der Waals surface area contributed by atoms with Crippen molar-refractivity contribution in [2.45, 2.75) is 56.9 Å². The Balaban J connectivity index is 1.71. The van der Waals surface area contributed by atoms with Crippen LogP contribution in [0.3, 0.4) is 0 Å². The molecule has 2 saturated heterocycles. The molecule has 5 atom stereocenters. The van der Waals surface area contributed by atoms with Gasteiger partial charge in [-0.1, -0.05) is 50.2 Å². The summed E-state index contributed by atoms with van der Waals surface area (Å²) in [6.07, 6.45) is 0.0359. The Hall–Kier alpha value is -5.05. The van der Waals surface area contributed by atoms with Gasteiger partial charge in [0.15, 0.2) is 0 Å². The quantitative estimate of drug-likeness (QED) is 0.210. The number of benzene rings is 1. The van der Waals surface area contributed by atoms with Crippen LogP contribution in [0.5, 0.6) is 0 Å². The first-order chi connectivity index (χ1) is 21.9. The van der Waals surface area contributed by atoms with Gasteiger partial charge in [-0.15, -0.1) is 0 Å². The van der Waals surface area contributed by atoms with Gasteiger partial charge < -0.3 is 41.9 Å². The number of hydrogen-bond donors (Lipinski definition) is 6. The van der Waals surface area contributed by atoms with E-state index in [0.29, 0.717) is 0 Å². The minimum absolute atomic E-state index is 0.0333. The predicted octanol–water partition coefficient (Wildman–Crippen LogP) is -1.82. The van der Waals surface area contributed by atoms with E-state index in [4.69, 9.17) is 5.73 Å². The van der Waals surface area contributed by atoms with Crippen LogP contribution in [0.2, 0.25) is 0 Å². The van der Waals surface area contributed by atoms with Crippen LogP contribution < -0.4 is 27.0 Å². The lowest BCUT2D eigenvalue weighted by atomic mass is 10.0. The first-order valence-corrected chi connectivity index (χ1v) is 15.0. The molecule has 2 aliphatic rings. The first kappa shape index (κ1) is 33.8. The molecule has 2 aromatic rings. The molecule has 0 radical (unpaired) electrons. The summed E-state index contributed by atoms with van der Waals surface area (Å²) >= 11 is 0. The Morgan fingerprint density at radius 3 is 2.33 bits per heavy atom. The second kappa shape index (κ2) is 14.8. The number of aliphatic hydroxyl groups is 1. The predicted molar refractivity (Wildman–Crippen MR) is 166 cm³/mol. The summed E-state index contributed by atoms with van der Waals surface area (Å²) in [5.74, 6) is -4.18. The smallest absolute Gasteiger partial charge is 0.270 e. The molecule has 0 spiro atoms. The van der Waals surface area contributed by atoms with Crippen molar-refractivity contribution in [3.8, 4) is 0 Å². The van der Waals surface area contributed by atoms with E-state index in [1.54, 1.807) is 44.2 Å².